The lowest BCUT2D eigenvalue weighted by molar-refractivity contribution is 1.17. The minimum absolute atomic E-state index is 0.803. The Morgan fingerprint density at radius 3 is 1.58 bits per heavy atom. The fourth-order valence-electron chi connectivity index (χ4n) is 7.36. The van der Waals surface area contributed by atoms with Gasteiger partial charge in [-0.05, 0) is 76.3 Å². The Kier molecular flexibility index (Phi) is 6.46. The minimum Gasteiger partial charge on any atom is -0.353 e. The zero-order valence-corrected chi connectivity index (χ0v) is 27.1. The molecule has 4 nitrogen and oxygen atoms in total. The first kappa shape index (κ1) is 28.3. The van der Waals surface area contributed by atoms with E-state index in [0.29, 0.717) is 0 Å². The zero-order valence-electron chi connectivity index (χ0n) is 27.1. The van der Waals surface area contributed by atoms with E-state index >= 15 is 0 Å². The lowest BCUT2D eigenvalue weighted by atomic mass is 9.98. The second-order valence-electron chi connectivity index (χ2n) is 12.8. The van der Waals surface area contributed by atoms with Crippen molar-refractivity contribution in [3.8, 4) is 56.0 Å². The maximum atomic E-state index is 5.45. The van der Waals surface area contributed by atoms with Gasteiger partial charge in [-0.2, -0.15) is 0 Å². The summed E-state index contributed by atoms with van der Waals surface area (Å²) in [6, 6.07) is 62.2. The number of nitrogens with zero attached hydrogens (tertiary/aromatic N) is 3. The first-order chi connectivity index (χ1) is 24.8. The van der Waals surface area contributed by atoms with Crippen molar-refractivity contribution in [1.29, 1.82) is 0 Å². The molecule has 3 aromatic heterocycles. The van der Waals surface area contributed by atoms with Crippen LogP contribution in [0.25, 0.3) is 77.8 Å². The van der Waals surface area contributed by atoms with Gasteiger partial charge in [-0.15, -0.1) is 0 Å². The fourth-order valence-corrected chi connectivity index (χ4v) is 7.36. The first-order valence-electron chi connectivity index (χ1n) is 16.9. The van der Waals surface area contributed by atoms with Gasteiger partial charge in [0.05, 0.1) is 28.1 Å². The van der Waals surface area contributed by atoms with Crippen molar-refractivity contribution >= 4 is 39.0 Å². The summed E-state index contributed by atoms with van der Waals surface area (Å²) in [4.78, 5) is 17.0. The number of anilines is 3. The van der Waals surface area contributed by atoms with Crippen LogP contribution in [-0.2, 0) is 0 Å². The quantitative estimate of drug-likeness (QED) is 0.209. The van der Waals surface area contributed by atoms with Crippen molar-refractivity contribution in [2.75, 3.05) is 4.90 Å². The van der Waals surface area contributed by atoms with E-state index in [9.17, 15) is 0 Å². The second kappa shape index (κ2) is 11.4. The van der Waals surface area contributed by atoms with Crippen LogP contribution in [0.2, 0.25) is 0 Å². The molecule has 8 bridgehead atoms. The van der Waals surface area contributed by atoms with Crippen molar-refractivity contribution in [3.63, 3.8) is 0 Å². The van der Waals surface area contributed by atoms with Crippen LogP contribution in [0.15, 0.2) is 176 Å². The molecule has 1 aliphatic rings. The van der Waals surface area contributed by atoms with Gasteiger partial charge in [-0.3, -0.25) is 4.90 Å². The average molecular weight is 639 g/mol. The van der Waals surface area contributed by atoms with E-state index in [1.807, 2.05) is 0 Å². The van der Waals surface area contributed by atoms with Crippen molar-refractivity contribution in [1.82, 2.24) is 15.0 Å². The lowest BCUT2D eigenvalue weighted by Gasteiger charge is -2.26. The molecule has 10 rings (SSSR count). The maximum Gasteiger partial charge on any atom is 0.138 e. The molecule has 1 N–H and O–H groups in total. The number of pyridine rings is 2. The number of para-hydroxylation sites is 3. The van der Waals surface area contributed by atoms with Crippen LogP contribution in [0.4, 0.5) is 17.2 Å². The molecule has 0 fully saturated rings. The normalized spacial score (nSPS) is 12.0. The Balaban J connectivity index is 1.36. The highest BCUT2D eigenvalue weighted by Crippen LogP contribution is 2.42. The molecule has 0 spiro atoms. The van der Waals surface area contributed by atoms with Crippen LogP contribution in [0.3, 0.4) is 0 Å². The standard InChI is InChI=1S/C46H30N4/c1-4-13-30(14-5-1)33-26-41-40-24-12-23-39-38-22-11-21-37(45(38)49-46(39)40)32-17-10-20-36(25-32)50(35-18-8-3-9-19-35)44-29-34(31-15-6-2-7-16-31)28-43(48-44)42(27-33)47-41/h1-29,49H. The molecule has 0 amide bonds. The summed E-state index contributed by atoms with van der Waals surface area (Å²) in [6.45, 7) is 0. The molecule has 4 heterocycles. The number of H-pyrrole nitrogens is 1. The van der Waals surface area contributed by atoms with Crippen LogP contribution in [-0.4, -0.2) is 15.0 Å². The van der Waals surface area contributed by atoms with Gasteiger partial charge in [0.25, 0.3) is 0 Å². The van der Waals surface area contributed by atoms with Crippen molar-refractivity contribution in [2.45, 2.75) is 0 Å². The minimum atomic E-state index is 0.803. The van der Waals surface area contributed by atoms with E-state index < -0.39 is 0 Å². The summed E-state index contributed by atoms with van der Waals surface area (Å²) in [5.74, 6) is 0.815. The number of aromatic amines is 1. The van der Waals surface area contributed by atoms with E-state index in [-0.39, 0.29) is 0 Å². The number of hydrogen-bond donors (Lipinski definition) is 1. The first-order valence-corrected chi connectivity index (χ1v) is 16.9. The monoisotopic (exact) mass is 638 g/mol. The van der Waals surface area contributed by atoms with Crippen molar-refractivity contribution < 1.29 is 0 Å². The van der Waals surface area contributed by atoms with Crippen molar-refractivity contribution in [3.05, 3.63) is 176 Å². The Morgan fingerprint density at radius 1 is 0.360 bits per heavy atom. The predicted molar refractivity (Wildman–Crippen MR) is 207 cm³/mol. The van der Waals surface area contributed by atoms with Gasteiger partial charge in [0, 0.05) is 33.3 Å². The highest BCUT2D eigenvalue weighted by Gasteiger charge is 2.21. The highest BCUT2D eigenvalue weighted by atomic mass is 15.2. The van der Waals surface area contributed by atoms with Crippen LogP contribution in [0.1, 0.15) is 0 Å². The number of benzene rings is 6. The Bertz CT molecular complexity index is 2700. The molecule has 4 heteroatoms. The molecule has 0 unspecified atom stereocenters. The van der Waals surface area contributed by atoms with Gasteiger partial charge in [0.2, 0.25) is 0 Å². The van der Waals surface area contributed by atoms with Gasteiger partial charge in [-0.25, -0.2) is 9.97 Å². The third-order valence-electron chi connectivity index (χ3n) is 9.72. The third kappa shape index (κ3) is 4.69. The van der Waals surface area contributed by atoms with Gasteiger partial charge >= 0.3 is 0 Å². The number of rotatable bonds is 3. The van der Waals surface area contributed by atoms with E-state index in [0.717, 1.165) is 84.3 Å². The summed E-state index contributed by atoms with van der Waals surface area (Å²) in [5.41, 5.74) is 14.5. The SMILES string of the molecule is c1ccc(-c2cc3nc(c2)-c2cccc4c2[nH]c2c(cccc24)-c2cccc(c2)N(c2ccccc2)c2cc(-c4ccccc4)cc-3n2)cc1. The summed E-state index contributed by atoms with van der Waals surface area (Å²) in [6.07, 6.45) is 0. The van der Waals surface area contributed by atoms with Crippen molar-refractivity contribution in [2.24, 2.45) is 0 Å². The molecule has 50 heavy (non-hydrogen) atoms. The van der Waals surface area contributed by atoms with Gasteiger partial charge in [0.15, 0.2) is 0 Å². The predicted octanol–water partition coefficient (Wildman–Crippen LogP) is 12.2. The molecule has 6 aromatic carbocycles. The summed E-state index contributed by atoms with van der Waals surface area (Å²) in [5, 5.41) is 2.36. The van der Waals surface area contributed by atoms with E-state index in [1.165, 1.54) is 10.8 Å². The fraction of sp³-hybridized carbons (Fsp3) is 0. The smallest absolute Gasteiger partial charge is 0.138 e. The van der Waals surface area contributed by atoms with E-state index in [4.69, 9.17) is 9.97 Å². The summed E-state index contributed by atoms with van der Waals surface area (Å²) in [7, 11) is 0. The molecule has 0 atom stereocenters. The van der Waals surface area contributed by atoms with Gasteiger partial charge in [0.1, 0.15) is 5.82 Å². The Morgan fingerprint density at radius 2 is 0.880 bits per heavy atom. The largest absolute Gasteiger partial charge is 0.353 e. The van der Waals surface area contributed by atoms with Crippen LogP contribution in [0.5, 0.6) is 0 Å². The highest BCUT2D eigenvalue weighted by molar-refractivity contribution is 6.15. The third-order valence-corrected chi connectivity index (χ3v) is 9.72. The summed E-state index contributed by atoms with van der Waals surface area (Å²) >= 11 is 0. The molecule has 234 valence electrons. The number of aromatic nitrogens is 3. The number of hydrogen-bond acceptors (Lipinski definition) is 3. The van der Waals surface area contributed by atoms with Crippen LogP contribution >= 0.6 is 0 Å². The molecule has 1 aliphatic heterocycles. The molecular formula is C46H30N4. The van der Waals surface area contributed by atoms with Crippen LogP contribution in [0, 0.1) is 0 Å². The average Bonchev–Trinajstić information content (AvgIpc) is 3.58. The maximum absolute atomic E-state index is 5.45. The number of fused-ring (bicyclic) bond motifs is 10. The number of nitrogens with one attached hydrogen (secondary N) is 1. The zero-order chi connectivity index (χ0) is 33.0. The topological polar surface area (TPSA) is 44.8 Å². The molecule has 0 saturated heterocycles. The van der Waals surface area contributed by atoms with E-state index in [2.05, 4.69) is 186 Å². The molecule has 9 aromatic rings. The second-order valence-corrected chi connectivity index (χ2v) is 12.8. The Labute approximate surface area is 290 Å². The van der Waals surface area contributed by atoms with Gasteiger partial charge in [-0.1, -0.05) is 127 Å². The molecular weight excluding hydrogens is 609 g/mol. The lowest BCUT2D eigenvalue weighted by Crippen LogP contribution is -2.12. The molecule has 0 saturated carbocycles. The molecule has 0 aliphatic carbocycles. The Hall–Kier alpha value is -6.78. The molecule has 0 radical (unpaired) electrons. The van der Waals surface area contributed by atoms with E-state index in [1.54, 1.807) is 0 Å². The summed E-state index contributed by atoms with van der Waals surface area (Å²) < 4.78 is 0. The van der Waals surface area contributed by atoms with Gasteiger partial charge < -0.3 is 4.98 Å². The van der Waals surface area contributed by atoms with Crippen LogP contribution < -0.4 is 4.90 Å².